The fourth-order valence-corrected chi connectivity index (χ4v) is 3.65. The highest BCUT2D eigenvalue weighted by Gasteiger charge is 2.71. The molecule has 0 aromatic heterocycles. The standard InChI is InChI=1S/C19H18O3/c1-14(20)19-17(12-13-21-19)18(22-19,15-8-4-2-5-9-15)16-10-6-3-7-11-16/h2-14,17,20H,1H3/t14-,17-,19+/m0/s1. The van der Waals surface area contributed by atoms with Crippen LogP contribution in [-0.2, 0) is 15.1 Å². The van der Waals surface area contributed by atoms with E-state index in [1.54, 1.807) is 13.2 Å². The van der Waals surface area contributed by atoms with Gasteiger partial charge in [-0.05, 0) is 24.1 Å². The number of hydrogen-bond donors (Lipinski definition) is 1. The summed E-state index contributed by atoms with van der Waals surface area (Å²) in [6.07, 6.45) is 2.93. The van der Waals surface area contributed by atoms with E-state index >= 15 is 0 Å². The van der Waals surface area contributed by atoms with E-state index in [9.17, 15) is 5.11 Å². The van der Waals surface area contributed by atoms with Crippen molar-refractivity contribution >= 4 is 0 Å². The van der Waals surface area contributed by atoms with Crippen LogP contribution in [0.3, 0.4) is 0 Å². The van der Waals surface area contributed by atoms with Crippen molar-refractivity contribution in [2.45, 2.75) is 24.4 Å². The molecule has 3 nitrogen and oxygen atoms in total. The molecule has 1 saturated heterocycles. The summed E-state index contributed by atoms with van der Waals surface area (Å²) in [7, 11) is 0. The van der Waals surface area contributed by atoms with Gasteiger partial charge in [0.1, 0.15) is 11.7 Å². The van der Waals surface area contributed by atoms with Crippen LogP contribution in [0.25, 0.3) is 0 Å². The van der Waals surface area contributed by atoms with E-state index in [4.69, 9.17) is 9.47 Å². The van der Waals surface area contributed by atoms with Crippen LogP contribution in [0, 0.1) is 5.92 Å². The molecule has 0 saturated carbocycles. The third-order valence-electron chi connectivity index (χ3n) is 4.70. The minimum absolute atomic E-state index is 0.0650. The number of aliphatic hydroxyl groups excluding tert-OH is 1. The van der Waals surface area contributed by atoms with Crippen molar-refractivity contribution in [1.82, 2.24) is 0 Å². The minimum atomic E-state index is -0.980. The van der Waals surface area contributed by atoms with Crippen molar-refractivity contribution in [1.29, 1.82) is 0 Å². The normalized spacial score (nSPS) is 29.3. The van der Waals surface area contributed by atoms with Crippen LogP contribution in [0.15, 0.2) is 73.0 Å². The molecule has 0 unspecified atom stereocenters. The number of hydrogen-bond acceptors (Lipinski definition) is 3. The maximum absolute atomic E-state index is 10.2. The monoisotopic (exact) mass is 294 g/mol. The molecule has 0 amide bonds. The first kappa shape index (κ1) is 13.6. The van der Waals surface area contributed by atoms with E-state index < -0.39 is 17.5 Å². The molecule has 3 atom stereocenters. The van der Waals surface area contributed by atoms with Crippen LogP contribution in [-0.4, -0.2) is 17.0 Å². The Kier molecular flexibility index (Phi) is 2.90. The van der Waals surface area contributed by atoms with Gasteiger partial charge >= 0.3 is 0 Å². The highest BCUT2D eigenvalue weighted by atomic mass is 16.7. The average molecular weight is 294 g/mol. The second kappa shape index (κ2) is 4.70. The second-order valence-corrected chi connectivity index (χ2v) is 5.89. The fraction of sp³-hybridized carbons (Fsp3) is 0.263. The number of ether oxygens (including phenoxy) is 2. The van der Waals surface area contributed by atoms with E-state index in [1.807, 2.05) is 42.5 Å². The van der Waals surface area contributed by atoms with Gasteiger partial charge in [0.2, 0.25) is 5.79 Å². The molecule has 0 aliphatic carbocycles. The summed E-state index contributed by atoms with van der Waals surface area (Å²) >= 11 is 0. The van der Waals surface area contributed by atoms with Gasteiger partial charge in [-0.15, -0.1) is 0 Å². The summed E-state index contributed by atoms with van der Waals surface area (Å²) in [6.45, 7) is 1.71. The van der Waals surface area contributed by atoms with Gasteiger partial charge in [-0.25, -0.2) is 0 Å². The third-order valence-corrected chi connectivity index (χ3v) is 4.70. The molecule has 1 N–H and O–H groups in total. The van der Waals surface area contributed by atoms with E-state index in [0.29, 0.717) is 0 Å². The molecule has 0 radical (unpaired) electrons. The van der Waals surface area contributed by atoms with Crippen molar-refractivity contribution in [3.05, 3.63) is 84.1 Å². The fourth-order valence-electron chi connectivity index (χ4n) is 3.65. The maximum atomic E-state index is 10.2. The Morgan fingerprint density at radius 1 is 0.955 bits per heavy atom. The van der Waals surface area contributed by atoms with Gasteiger partial charge in [0.15, 0.2) is 0 Å². The van der Waals surface area contributed by atoms with Crippen LogP contribution in [0.5, 0.6) is 0 Å². The smallest absolute Gasteiger partial charge is 0.246 e. The molecule has 112 valence electrons. The molecule has 22 heavy (non-hydrogen) atoms. The van der Waals surface area contributed by atoms with E-state index in [-0.39, 0.29) is 5.92 Å². The van der Waals surface area contributed by atoms with Crippen molar-refractivity contribution in [2.24, 2.45) is 5.92 Å². The van der Waals surface area contributed by atoms with Crippen molar-refractivity contribution < 1.29 is 14.6 Å². The average Bonchev–Trinajstić information content (AvgIpc) is 2.89. The lowest BCUT2D eigenvalue weighted by atomic mass is 9.66. The topological polar surface area (TPSA) is 38.7 Å². The summed E-state index contributed by atoms with van der Waals surface area (Å²) in [5.41, 5.74) is 1.52. The number of fused-ring (bicyclic) bond motifs is 1. The first-order valence-electron chi connectivity index (χ1n) is 7.54. The maximum Gasteiger partial charge on any atom is 0.246 e. The predicted molar refractivity (Wildman–Crippen MR) is 82.9 cm³/mol. The van der Waals surface area contributed by atoms with Gasteiger partial charge < -0.3 is 14.6 Å². The summed E-state index contributed by atoms with van der Waals surface area (Å²) in [5, 5.41) is 10.2. The van der Waals surface area contributed by atoms with Gasteiger partial charge in [-0.3, -0.25) is 0 Å². The van der Waals surface area contributed by atoms with E-state index in [0.717, 1.165) is 11.1 Å². The van der Waals surface area contributed by atoms with Crippen LogP contribution in [0.1, 0.15) is 18.1 Å². The van der Waals surface area contributed by atoms with Gasteiger partial charge in [-0.2, -0.15) is 0 Å². The van der Waals surface area contributed by atoms with Crippen LogP contribution < -0.4 is 0 Å². The second-order valence-electron chi connectivity index (χ2n) is 5.89. The molecule has 2 aliphatic rings. The van der Waals surface area contributed by atoms with Gasteiger partial charge in [0, 0.05) is 0 Å². The van der Waals surface area contributed by atoms with Crippen molar-refractivity contribution in [3.63, 3.8) is 0 Å². The molecule has 2 aromatic rings. The third kappa shape index (κ3) is 1.58. The molecule has 3 heteroatoms. The molecule has 0 spiro atoms. The Balaban J connectivity index is 1.88. The zero-order chi connectivity index (χ0) is 15.2. The lowest BCUT2D eigenvalue weighted by molar-refractivity contribution is -0.408. The molecular formula is C19H18O3. The number of rotatable bonds is 3. The van der Waals surface area contributed by atoms with Gasteiger partial charge in [0.25, 0.3) is 0 Å². The van der Waals surface area contributed by atoms with Crippen LogP contribution in [0.2, 0.25) is 0 Å². The highest BCUT2D eigenvalue weighted by molar-refractivity contribution is 5.44. The van der Waals surface area contributed by atoms with Crippen molar-refractivity contribution in [3.8, 4) is 0 Å². The molecule has 0 bridgehead atoms. The minimum Gasteiger partial charge on any atom is -0.467 e. The SMILES string of the molecule is C[C@H](O)[C@]12OC=C[C@H]1C(c1ccccc1)(c1ccccc1)O2. The highest BCUT2D eigenvalue weighted by Crippen LogP contribution is 2.61. The predicted octanol–water partition coefficient (Wildman–Crippen LogP) is 3.20. The van der Waals surface area contributed by atoms with Crippen molar-refractivity contribution in [2.75, 3.05) is 0 Å². The molecule has 4 rings (SSSR count). The molecule has 1 fully saturated rings. The molecular weight excluding hydrogens is 276 g/mol. The summed E-state index contributed by atoms with van der Waals surface area (Å²) in [4.78, 5) is 0. The first-order valence-corrected chi connectivity index (χ1v) is 7.54. The molecule has 2 aliphatic heterocycles. The largest absolute Gasteiger partial charge is 0.467 e. The zero-order valence-corrected chi connectivity index (χ0v) is 12.3. The Morgan fingerprint density at radius 2 is 1.50 bits per heavy atom. The lowest BCUT2D eigenvalue weighted by Crippen LogP contribution is -2.69. The van der Waals surface area contributed by atoms with Gasteiger partial charge in [0.05, 0.1) is 12.2 Å². The zero-order valence-electron chi connectivity index (χ0n) is 12.3. The van der Waals surface area contributed by atoms with E-state index in [2.05, 4.69) is 24.3 Å². The number of aliphatic hydroxyl groups is 1. The van der Waals surface area contributed by atoms with Crippen LogP contribution >= 0.6 is 0 Å². The molecule has 2 heterocycles. The quantitative estimate of drug-likeness (QED) is 0.945. The van der Waals surface area contributed by atoms with Gasteiger partial charge in [-0.1, -0.05) is 60.7 Å². The Morgan fingerprint density at radius 3 is 2.00 bits per heavy atom. The summed E-state index contributed by atoms with van der Waals surface area (Å²) < 4.78 is 12.0. The summed E-state index contributed by atoms with van der Waals surface area (Å²) in [6, 6.07) is 20.2. The Bertz CT molecular complexity index is 654. The number of benzene rings is 2. The first-order chi connectivity index (χ1) is 10.7. The Labute approximate surface area is 129 Å². The van der Waals surface area contributed by atoms with Crippen LogP contribution in [0.4, 0.5) is 0 Å². The molecule has 2 aromatic carbocycles. The lowest BCUT2D eigenvalue weighted by Gasteiger charge is -2.59. The van der Waals surface area contributed by atoms with E-state index in [1.165, 1.54) is 0 Å². The Hall–Kier alpha value is -2.10. The summed E-state index contributed by atoms with van der Waals surface area (Å²) in [5.74, 6) is -1.05.